The summed E-state index contributed by atoms with van der Waals surface area (Å²) in [6, 6.07) is 0. The number of esters is 1. The quantitative estimate of drug-likeness (QED) is 0.239. The van der Waals surface area contributed by atoms with Crippen molar-refractivity contribution in [1.29, 1.82) is 0 Å². The van der Waals surface area contributed by atoms with E-state index in [0.29, 0.717) is 19.6 Å². The molecule has 0 aliphatic rings. The van der Waals surface area contributed by atoms with Crippen molar-refractivity contribution in [1.82, 2.24) is 10.2 Å². The van der Waals surface area contributed by atoms with Crippen molar-refractivity contribution < 1.29 is 23.8 Å². The number of nitrogens with one attached hydrogen (secondary N) is 1. The van der Waals surface area contributed by atoms with E-state index >= 15 is 0 Å². The second kappa shape index (κ2) is 15.1. The van der Waals surface area contributed by atoms with E-state index in [-0.39, 0.29) is 31.2 Å². The number of thioether (sulfide) groups is 1. The Morgan fingerprint density at radius 1 is 1.26 bits per heavy atom. The predicted octanol–water partition coefficient (Wildman–Crippen LogP) is 2.00. The highest BCUT2D eigenvalue weighted by Gasteiger charge is 2.32. The Morgan fingerprint density at radius 2 is 1.96 bits per heavy atom. The summed E-state index contributed by atoms with van der Waals surface area (Å²) in [5.41, 5.74) is -0.637. The minimum absolute atomic E-state index is 0.0177. The van der Waals surface area contributed by atoms with Crippen LogP contribution in [0.15, 0.2) is 0 Å². The summed E-state index contributed by atoms with van der Waals surface area (Å²) in [5.74, 6) is 1.38. The van der Waals surface area contributed by atoms with Crippen LogP contribution in [0.5, 0.6) is 0 Å². The number of hydrogen-bond donors (Lipinski definition) is 1. The lowest BCUT2D eigenvalue weighted by molar-refractivity contribution is -0.159. The molecule has 0 fully saturated rings. The molecular weight excluding hydrogens is 368 g/mol. The molecule has 27 heavy (non-hydrogen) atoms. The molecule has 0 bridgehead atoms. The first kappa shape index (κ1) is 26.2. The summed E-state index contributed by atoms with van der Waals surface area (Å²) < 4.78 is 15.7. The lowest BCUT2D eigenvalue weighted by atomic mass is 9.89. The standard InChI is InChI=1S/C19H38N2O5S/c1-7-19(3,18(23)24-6)14-26-15-25-11-12-27-13-16(2)17(22)20-9-8-10-21(4)5/h16H,7-15H2,1-6H3,(H,20,22). The highest BCUT2D eigenvalue weighted by atomic mass is 32.2. The van der Waals surface area contributed by atoms with Crippen molar-refractivity contribution in [3.63, 3.8) is 0 Å². The van der Waals surface area contributed by atoms with E-state index in [1.165, 1.54) is 7.11 Å². The first-order valence-electron chi connectivity index (χ1n) is 9.51. The van der Waals surface area contributed by atoms with Gasteiger partial charge in [-0.3, -0.25) is 9.59 Å². The van der Waals surface area contributed by atoms with Gasteiger partial charge in [0.1, 0.15) is 6.79 Å². The monoisotopic (exact) mass is 406 g/mol. The van der Waals surface area contributed by atoms with Crippen molar-refractivity contribution >= 4 is 23.6 Å². The fourth-order valence-electron chi connectivity index (χ4n) is 2.17. The van der Waals surface area contributed by atoms with Gasteiger partial charge >= 0.3 is 5.97 Å². The average Bonchev–Trinajstić information content (AvgIpc) is 2.65. The second-order valence-electron chi connectivity index (χ2n) is 7.20. The fourth-order valence-corrected chi connectivity index (χ4v) is 3.08. The second-order valence-corrected chi connectivity index (χ2v) is 8.35. The van der Waals surface area contributed by atoms with Crippen LogP contribution in [0.1, 0.15) is 33.6 Å². The van der Waals surface area contributed by atoms with Crippen LogP contribution >= 0.6 is 11.8 Å². The molecule has 0 aliphatic heterocycles. The lowest BCUT2D eigenvalue weighted by Gasteiger charge is -2.24. The average molecular weight is 407 g/mol. The van der Waals surface area contributed by atoms with Crippen LogP contribution < -0.4 is 5.32 Å². The number of hydrogen-bond acceptors (Lipinski definition) is 7. The maximum Gasteiger partial charge on any atom is 0.313 e. The minimum atomic E-state index is -0.637. The Morgan fingerprint density at radius 3 is 2.56 bits per heavy atom. The Balaban J connectivity index is 3.68. The van der Waals surface area contributed by atoms with E-state index < -0.39 is 5.41 Å². The van der Waals surface area contributed by atoms with Crippen LogP contribution in [0, 0.1) is 11.3 Å². The number of carbonyl (C=O) groups excluding carboxylic acids is 2. The van der Waals surface area contributed by atoms with E-state index in [2.05, 4.69) is 10.2 Å². The number of carbonyl (C=O) groups is 2. The summed E-state index contributed by atoms with van der Waals surface area (Å²) in [7, 11) is 5.43. The van der Waals surface area contributed by atoms with Crippen molar-refractivity contribution in [3.05, 3.63) is 0 Å². The summed E-state index contributed by atoms with van der Waals surface area (Å²) in [6.45, 7) is 8.34. The summed E-state index contributed by atoms with van der Waals surface area (Å²) in [5, 5.41) is 2.97. The highest BCUT2D eigenvalue weighted by molar-refractivity contribution is 7.99. The summed E-state index contributed by atoms with van der Waals surface area (Å²) >= 11 is 1.69. The third kappa shape index (κ3) is 12.3. The Bertz CT molecular complexity index is 423. The van der Waals surface area contributed by atoms with Crippen molar-refractivity contribution in [3.8, 4) is 0 Å². The molecular formula is C19H38N2O5S. The molecule has 0 saturated heterocycles. The molecule has 0 aromatic carbocycles. The maximum absolute atomic E-state index is 12.0. The molecule has 0 spiro atoms. The van der Waals surface area contributed by atoms with E-state index in [4.69, 9.17) is 14.2 Å². The first-order valence-corrected chi connectivity index (χ1v) is 10.7. The van der Waals surface area contributed by atoms with Gasteiger partial charge in [0.05, 0.1) is 25.7 Å². The Kier molecular flexibility index (Phi) is 14.7. The molecule has 1 N–H and O–H groups in total. The van der Waals surface area contributed by atoms with Gasteiger partial charge in [-0.25, -0.2) is 0 Å². The normalized spacial score (nSPS) is 14.6. The van der Waals surface area contributed by atoms with E-state index in [1.54, 1.807) is 11.8 Å². The van der Waals surface area contributed by atoms with E-state index in [1.807, 2.05) is 34.9 Å². The van der Waals surface area contributed by atoms with E-state index in [9.17, 15) is 9.59 Å². The molecule has 0 aromatic heterocycles. The molecule has 7 nitrogen and oxygen atoms in total. The lowest BCUT2D eigenvalue weighted by Crippen LogP contribution is -2.33. The van der Waals surface area contributed by atoms with Crippen LogP contribution in [-0.2, 0) is 23.8 Å². The molecule has 0 radical (unpaired) electrons. The van der Waals surface area contributed by atoms with Gasteiger partial charge in [-0.05, 0) is 40.4 Å². The number of ether oxygens (including phenoxy) is 3. The Labute approximate surface area is 168 Å². The Hall–Kier alpha value is -0.830. The molecule has 8 heteroatoms. The number of nitrogens with zero attached hydrogens (tertiary/aromatic N) is 1. The van der Waals surface area contributed by atoms with Gasteiger partial charge < -0.3 is 24.4 Å². The molecule has 0 rings (SSSR count). The van der Waals surface area contributed by atoms with Crippen LogP contribution in [-0.4, -0.2) is 82.6 Å². The van der Waals surface area contributed by atoms with Crippen LogP contribution in [0.2, 0.25) is 0 Å². The number of amides is 1. The number of rotatable bonds is 16. The van der Waals surface area contributed by atoms with Crippen LogP contribution in [0.25, 0.3) is 0 Å². The third-order valence-corrected chi connectivity index (χ3v) is 5.51. The zero-order valence-corrected chi connectivity index (χ0v) is 18.7. The predicted molar refractivity (Wildman–Crippen MR) is 110 cm³/mol. The summed E-state index contributed by atoms with van der Waals surface area (Å²) in [6.07, 6.45) is 1.60. The topological polar surface area (TPSA) is 77.1 Å². The van der Waals surface area contributed by atoms with Gasteiger partial charge in [0.25, 0.3) is 0 Å². The highest BCUT2D eigenvalue weighted by Crippen LogP contribution is 2.23. The van der Waals surface area contributed by atoms with Gasteiger partial charge in [-0.15, -0.1) is 0 Å². The maximum atomic E-state index is 12.0. The molecule has 0 saturated carbocycles. The minimum Gasteiger partial charge on any atom is -0.469 e. The van der Waals surface area contributed by atoms with E-state index in [0.717, 1.165) is 24.5 Å². The first-order chi connectivity index (χ1) is 12.8. The van der Waals surface area contributed by atoms with Crippen molar-refractivity contribution in [2.45, 2.75) is 33.6 Å². The SMILES string of the molecule is CCC(C)(COCOCCSCC(C)C(=O)NCCCN(C)C)C(=O)OC. The zero-order valence-electron chi connectivity index (χ0n) is 17.8. The molecule has 2 unspecified atom stereocenters. The van der Waals surface area contributed by atoms with Crippen molar-refractivity contribution in [2.75, 3.05) is 65.8 Å². The van der Waals surface area contributed by atoms with Gasteiger partial charge in [0.2, 0.25) is 5.91 Å². The van der Waals surface area contributed by atoms with Gasteiger partial charge in [-0.1, -0.05) is 13.8 Å². The molecule has 0 aliphatic carbocycles. The molecule has 2 atom stereocenters. The molecule has 160 valence electrons. The number of methoxy groups -OCH3 is 1. The molecule has 0 aromatic rings. The van der Waals surface area contributed by atoms with Crippen molar-refractivity contribution in [2.24, 2.45) is 11.3 Å². The summed E-state index contributed by atoms with van der Waals surface area (Å²) in [4.78, 5) is 25.8. The smallest absolute Gasteiger partial charge is 0.313 e. The van der Waals surface area contributed by atoms with Gasteiger partial charge in [0.15, 0.2) is 0 Å². The van der Waals surface area contributed by atoms with Gasteiger partial charge in [0, 0.05) is 24.0 Å². The van der Waals surface area contributed by atoms with Crippen LogP contribution in [0.3, 0.4) is 0 Å². The third-order valence-electron chi connectivity index (χ3n) is 4.31. The zero-order chi connectivity index (χ0) is 20.7. The van der Waals surface area contributed by atoms with Crippen LogP contribution in [0.4, 0.5) is 0 Å². The van der Waals surface area contributed by atoms with Gasteiger partial charge in [-0.2, -0.15) is 11.8 Å². The largest absolute Gasteiger partial charge is 0.469 e. The molecule has 0 heterocycles. The fraction of sp³-hybridized carbons (Fsp3) is 0.895. The molecule has 1 amide bonds.